The van der Waals surface area contributed by atoms with Crippen LogP contribution >= 0.6 is 34.9 Å². The molecule has 6 nitrogen and oxygen atoms in total. The molecule has 0 bridgehead atoms. The van der Waals surface area contributed by atoms with Crippen molar-refractivity contribution in [3.63, 3.8) is 0 Å². The highest BCUT2D eigenvalue weighted by Gasteiger charge is 2.28. The van der Waals surface area contributed by atoms with Gasteiger partial charge in [0.15, 0.2) is 5.82 Å². The molecule has 0 aliphatic carbocycles. The third-order valence-electron chi connectivity index (χ3n) is 4.41. The molecule has 3 heterocycles. The summed E-state index contributed by atoms with van der Waals surface area (Å²) >= 11 is 4.51. The molecule has 0 saturated heterocycles. The number of nitrogen functional groups attached to an aromatic ring is 1. The lowest BCUT2D eigenvalue weighted by atomic mass is 10.2. The number of thioether (sulfide) groups is 1. The van der Waals surface area contributed by atoms with Crippen LogP contribution in [0, 0.1) is 0 Å². The number of nitrogens with two attached hydrogens (primary N) is 1. The van der Waals surface area contributed by atoms with Crippen LogP contribution < -0.4 is 10.7 Å². The molecule has 2 aromatic carbocycles. The number of benzene rings is 2. The Morgan fingerprint density at radius 1 is 0.966 bits per heavy atom. The third-order valence-corrected chi connectivity index (χ3v) is 7.34. The minimum absolute atomic E-state index is 0.0316. The lowest BCUT2D eigenvalue weighted by Crippen LogP contribution is -2.30. The molecular formula is C20H15N5OS3. The number of nitrogens with zero attached hydrogens (tertiary/aromatic N) is 4. The Balaban J connectivity index is 1.41. The zero-order valence-corrected chi connectivity index (χ0v) is 17.5. The van der Waals surface area contributed by atoms with Crippen molar-refractivity contribution < 1.29 is 4.79 Å². The lowest BCUT2D eigenvalue weighted by molar-refractivity contribution is -0.115. The molecule has 1 aliphatic heterocycles. The monoisotopic (exact) mass is 437 g/mol. The molecule has 9 heteroatoms. The SMILES string of the molecule is Nn1c(SCC(=O)N2c3ccccc3Sc3ccccc32)nnc1-c1cccs1. The van der Waals surface area contributed by atoms with E-state index in [-0.39, 0.29) is 11.7 Å². The number of hydrogen-bond donors (Lipinski definition) is 1. The van der Waals surface area contributed by atoms with Crippen molar-refractivity contribution in [1.82, 2.24) is 14.9 Å². The Morgan fingerprint density at radius 3 is 2.31 bits per heavy atom. The van der Waals surface area contributed by atoms with Crippen LogP contribution in [0.1, 0.15) is 0 Å². The molecule has 2 aromatic heterocycles. The van der Waals surface area contributed by atoms with Gasteiger partial charge < -0.3 is 5.84 Å². The maximum absolute atomic E-state index is 13.2. The molecule has 0 saturated carbocycles. The van der Waals surface area contributed by atoms with Crippen LogP contribution in [0.2, 0.25) is 0 Å². The average Bonchev–Trinajstić information content (AvgIpc) is 3.40. The van der Waals surface area contributed by atoms with E-state index in [1.807, 2.05) is 66.0 Å². The van der Waals surface area contributed by atoms with Gasteiger partial charge in [0, 0.05) is 9.79 Å². The lowest BCUT2D eigenvalue weighted by Gasteiger charge is -2.30. The van der Waals surface area contributed by atoms with E-state index in [1.54, 1.807) is 28.0 Å². The standard InChI is InChI=1S/C20H15N5OS3/c21-25-19(17-10-5-11-27-17)22-23-20(25)28-12-18(26)24-13-6-1-3-8-15(13)29-16-9-4-2-7-14(16)24/h1-11H,12,21H2. The van der Waals surface area contributed by atoms with E-state index in [4.69, 9.17) is 5.84 Å². The Hall–Kier alpha value is -2.75. The first-order chi connectivity index (χ1) is 14.2. The summed E-state index contributed by atoms with van der Waals surface area (Å²) in [6.07, 6.45) is 0. The molecule has 29 heavy (non-hydrogen) atoms. The number of hydrogen-bond acceptors (Lipinski definition) is 7. The minimum atomic E-state index is -0.0316. The summed E-state index contributed by atoms with van der Waals surface area (Å²) < 4.78 is 1.44. The second-order valence-corrected chi connectivity index (χ2v) is 9.18. The first kappa shape index (κ1) is 18.3. The van der Waals surface area contributed by atoms with Crippen LogP contribution in [0.25, 0.3) is 10.7 Å². The Labute approximate surface area is 179 Å². The quantitative estimate of drug-likeness (QED) is 0.370. The van der Waals surface area contributed by atoms with Crippen molar-refractivity contribution >= 4 is 52.1 Å². The highest BCUT2D eigenvalue weighted by molar-refractivity contribution is 8.00. The second-order valence-electron chi connectivity index (χ2n) is 6.21. The van der Waals surface area contributed by atoms with Crippen molar-refractivity contribution in [3.05, 3.63) is 66.0 Å². The normalized spacial score (nSPS) is 12.5. The molecule has 0 fully saturated rings. The van der Waals surface area contributed by atoms with Gasteiger partial charge in [0.25, 0.3) is 0 Å². The van der Waals surface area contributed by atoms with Crippen molar-refractivity contribution in [2.75, 3.05) is 16.5 Å². The van der Waals surface area contributed by atoms with Gasteiger partial charge in [0.1, 0.15) is 0 Å². The van der Waals surface area contributed by atoms with E-state index in [1.165, 1.54) is 16.4 Å². The van der Waals surface area contributed by atoms with Gasteiger partial charge in [-0.2, -0.15) is 0 Å². The third kappa shape index (κ3) is 3.31. The molecule has 0 unspecified atom stereocenters. The van der Waals surface area contributed by atoms with E-state index in [9.17, 15) is 4.79 Å². The molecule has 5 rings (SSSR count). The largest absolute Gasteiger partial charge is 0.335 e. The van der Waals surface area contributed by atoms with Crippen molar-refractivity contribution in [3.8, 4) is 10.7 Å². The average molecular weight is 438 g/mol. The molecule has 0 atom stereocenters. The number of carbonyl (C=O) groups is 1. The molecule has 1 aliphatic rings. The Bertz CT molecular complexity index is 1140. The maximum Gasteiger partial charge on any atom is 0.242 e. The van der Waals surface area contributed by atoms with E-state index >= 15 is 0 Å². The van der Waals surface area contributed by atoms with Crippen LogP contribution in [-0.4, -0.2) is 26.5 Å². The number of para-hydroxylation sites is 2. The number of aromatic nitrogens is 3. The van der Waals surface area contributed by atoms with Crippen LogP contribution in [0.15, 0.2) is 81.0 Å². The molecule has 0 spiro atoms. The summed E-state index contributed by atoms with van der Waals surface area (Å²) in [6.45, 7) is 0. The second kappa shape index (κ2) is 7.58. The highest BCUT2D eigenvalue weighted by Crippen LogP contribution is 2.48. The fourth-order valence-electron chi connectivity index (χ4n) is 3.11. The number of amides is 1. The molecule has 4 aromatic rings. The summed E-state index contributed by atoms with van der Waals surface area (Å²) in [7, 11) is 0. The van der Waals surface area contributed by atoms with Crippen molar-refractivity contribution in [2.24, 2.45) is 0 Å². The van der Waals surface area contributed by atoms with Crippen molar-refractivity contribution in [2.45, 2.75) is 14.9 Å². The topological polar surface area (TPSA) is 77.0 Å². The highest BCUT2D eigenvalue weighted by atomic mass is 32.2. The predicted molar refractivity (Wildman–Crippen MR) is 118 cm³/mol. The van der Waals surface area contributed by atoms with Crippen LogP contribution in [0.4, 0.5) is 11.4 Å². The Morgan fingerprint density at radius 2 is 1.66 bits per heavy atom. The Kier molecular flexibility index (Phi) is 4.78. The predicted octanol–water partition coefficient (Wildman–Crippen LogP) is 4.64. The minimum Gasteiger partial charge on any atom is -0.335 e. The zero-order chi connectivity index (χ0) is 19.8. The van der Waals surface area contributed by atoms with Gasteiger partial charge in [-0.1, -0.05) is 53.9 Å². The molecule has 2 N–H and O–H groups in total. The number of thiophene rings is 1. The van der Waals surface area contributed by atoms with E-state index in [2.05, 4.69) is 10.2 Å². The van der Waals surface area contributed by atoms with Crippen LogP contribution in [-0.2, 0) is 4.79 Å². The summed E-state index contributed by atoms with van der Waals surface area (Å²) in [5.41, 5.74) is 1.80. The maximum atomic E-state index is 13.2. The van der Waals surface area contributed by atoms with Crippen LogP contribution in [0.3, 0.4) is 0 Å². The van der Waals surface area contributed by atoms with Gasteiger partial charge >= 0.3 is 0 Å². The fraction of sp³-hybridized carbons (Fsp3) is 0.0500. The summed E-state index contributed by atoms with van der Waals surface area (Å²) in [5.74, 6) is 6.93. The first-order valence-corrected chi connectivity index (χ1v) is 11.5. The van der Waals surface area contributed by atoms with Gasteiger partial charge in [-0.15, -0.1) is 21.5 Å². The first-order valence-electron chi connectivity index (χ1n) is 8.78. The van der Waals surface area contributed by atoms with Gasteiger partial charge in [-0.25, -0.2) is 4.68 Å². The number of carbonyl (C=O) groups excluding carboxylic acids is 1. The number of anilines is 2. The van der Waals surface area contributed by atoms with Gasteiger partial charge in [0.2, 0.25) is 11.1 Å². The van der Waals surface area contributed by atoms with Crippen LogP contribution in [0.5, 0.6) is 0 Å². The molecule has 144 valence electrons. The summed E-state index contributed by atoms with van der Waals surface area (Å²) in [5, 5.41) is 10.8. The van der Waals surface area contributed by atoms with Crippen molar-refractivity contribution in [1.29, 1.82) is 0 Å². The van der Waals surface area contributed by atoms with Gasteiger partial charge in [0.05, 0.1) is 22.0 Å². The number of rotatable bonds is 4. The number of fused-ring (bicyclic) bond motifs is 2. The van der Waals surface area contributed by atoms with E-state index in [0.29, 0.717) is 11.0 Å². The smallest absolute Gasteiger partial charge is 0.242 e. The summed E-state index contributed by atoms with van der Waals surface area (Å²) in [4.78, 5) is 18.1. The van der Waals surface area contributed by atoms with E-state index in [0.717, 1.165) is 26.0 Å². The zero-order valence-electron chi connectivity index (χ0n) is 15.1. The molecule has 0 radical (unpaired) electrons. The van der Waals surface area contributed by atoms with E-state index < -0.39 is 0 Å². The van der Waals surface area contributed by atoms with Gasteiger partial charge in [-0.3, -0.25) is 9.69 Å². The molecule has 1 amide bonds. The fourth-order valence-corrected chi connectivity index (χ4v) is 5.58. The summed E-state index contributed by atoms with van der Waals surface area (Å²) in [6, 6.07) is 19.8. The molecular weight excluding hydrogens is 422 g/mol. The van der Waals surface area contributed by atoms with Gasteiger partial charge in [-0.05, 0) is 35.7 Å².